The van der Waals surface area contributed by atoms with Crippen molar-refractivity contribution < 1.29 is 0 Å². The fraction of sp³-hybridized carbons (Fsp3) is 0.750. The number of thiazole rings is 1. The zero-order valence-electron chi connectivity index (χ0n) is 10.1. The standard InChI is InChI=1S/C12H21N3S/c1-3-10(12-14-6-7-16-12)15-8-11-9(2)4-5-13-11/h6-7,9-11,13,15H,3-5,8H2,1-2H3. The summed E-state index contributed by atoms with van der Waals surface area (Å²) >= 11 is 1.74. The molecule has 1 aliphatic heterocycles. The van der Waals surface area contributed by atoms with Gasteiger partial charge in [0, 0.05) is 24.2 Å². The second-order valence-corrected chi connectivity index (χ2v) is 5.49. The Morgan fingerprint density at radius 1 is 1.69 bits per heavy atom. The molecule has 4 heteroatoms. The summed E-state index contributed by atoms with van der Waals surface area (Å²) in [4.78, 5) is 4.39. The molecule has 1 fully saturated rings. The highest BCUT2D eigenvalue weighted by Crippen LogP contribution is 2.20. The van der Waals surface area contributed by atoms with E-state index in [2.05, 4.69) is 34.8 Å². The maximum atomic E-state index is 4.39. The van der Waals surface area contributed by atoms with Gasteiger partial charge in [0.05, 0.1) is 6.04 Å². The minimum atomic E-state index is 0.426. The van der Waals surface area contributed by atoms with E-state index < -0.39 is 0 Å². The van der Waals surface area contributed by atoms with Gasteiger partial charge in [-0.15, -0.1) is 11.3 Å². The number of nitrogens with zero attached hydrogens (tertiary/aromatic N) is 1. The fourth-order valence-corrected chi connectivity index (χ4v) is 3.05. The van der Waals surface area contributed by atoms with Crippen molar-refractivity contribution in [3.8, 4) is 0 Å². The van der Waals surface area contributed by atoms with E-state index in [-0.39, 0.29) is 0 Å². The Hall–Kier alpha value is -0.450. The molecule has 3 nitrogen and oxygen atoms in total. The van der Waals surface area contributed by atoms with Gasteiger partial charge < -0.3 is 10.6 Å². The summed E-state index contributed by atoms with van der Waals surface area (Å²) in [6.07, 6.45) is 4.30. The SMILES string of the molecule is CCC(NCC1NCCC1C)c1nccs1. The Balaban J connectivity index is 1.83. The van der Waals surface area contributed by atoms with Crippen LogP contribution in [-0.4, -0.2) is 24.1 Å². The molecule has 1 aromatic heterocycles. The third-order valence-corrected chi connectivity index (χ3v) is 4.32. The Labute approximate surface area is 102 Å². The molecule has 1 saturated heterocycles. The average molecular weight is 239 g/mol. The van der Waals surface area contributed by atoms with Gasteiger partial charge in [0.2, 0.25) is 0 Å². The van der Waals surface area contributed by atoms with Crippen LogP contribution in [0.4, 0.5) is 0 Å². The first kappa shape index (κ1) is 12.0. The van der Waals surface area contributed by atoms with Gasteiger partial charge in [-0.3, -0.25) is 0 Å². The van der Waals surface area contributed by atoms with E-state index in [4.69, 9.17) is 0 Å². The first-order valence-electron chi connectivity index (χ1n) is 6.17. The van der Waals surface area contributed by atoms with E-state index >= 15 is 0 Å². The first-order valence-corrected chi connectivity index (χ1v) is 7.05. The number of hydrogen-bond acceptors (Lipinski definition) is 4. The van der Waals surface area contributed by atoms with Crippen LogP contribution in [0.2, 0.25) is 0 Å². The van der Waals surface area contributed by atoms with Gasteiger partial charge in [0.25, 0.3) is 0 Å². The van der Waals surface area contributed by atoms with Crippen LogP contribution in [0, 0.1) is 5.92 Å². The third-order valence-electron chi connectivity index (χ3n) is 3.44. The van der Waals surface area contributed by atoms with Crippen molar-refractivity contribution in [2.75, 3.05) is 13.1 Å². The normalized spacial score (nSPS) is 27.1. The van der Waals surface area contributed by atoms with Crippen molar-refractivity contribution >= 4 is 11.3 Å². The number of nitrogens with one attached hydrogen (secondary N) is 2. The molecule has 0 spiro atoms. The molecular formula is C12H21N3S. The van der Waals surface area contributed by atoms with Crippen LogP contribution in [0.15, 0.2) is 11.6 Å². The molecule has 1 aromatic rings. The molecule has 2 heterocycles. The van der Waals surface area contributed by atoms with Crippen molar-refractivity contribution in [2.45, 2.75) is 38.8 Å². The molecule has 2 N–H and O–H groups in total. The van der Waals surface area contributed by atoms with Crippen LogP contribution in [0.3, 0.4) is 0 Å². The summed E-state index contributed by atoms with van der Waals surface area (Å²) in [5.74, 6) is 0.793. The second-order valence-electron chi connectivity index (χ2n) is 4.57. The van der Waals surface area contributed by atoms with Crippen LogP contribution in [0.5, 0.6) is 0 Å². The molecule has 0 aliphatic carbocycles. The highest BCUT2D eigenvalue weighted by molar-refractivity contribution is 7.09. The number of aromatic nitrogens is 1. The summed E-state index contributed by atoms with van der Waals surface area (Å²) in [5.41, 5.74) is 0. The minimum Gasteiger partial charge on any atom is -0.312 e. The molecule has 16 heavy (non-hydrogen) atoms. The maximum absolute atomic E-state index is 4.39. The van der Waals surface area contributed by atoms with E-state index in [1.807, 2.05) is 6.20 Å². The van der Waals surface area contributed by atoms with Gasteiger partial charge in [0.1, 0.15) is 5.01 Å². The maximum Gasteiger partial charge on any atom is 0.109 e. The van der Waals surface area contributed by atoms with Crippen LogP contribution in [0.1, 0.15) is 37.7 Å². The molecule has 0 amide bonds. The van der Waals surface area contributed by atoms with E-state index in [0.717, 1.165) is 18.9 Å². The van der Waals surface area contributed by atoms with Gasteiger partial charge in [-0.1, -0.05) is 13.8 Å². The predicted molar refractivity (Wildman–Crippen MR) is 68.7 cm³/mol. The van der Waals surface area contributed by atoms with E-state index in [1.54, 1.807) is 11.3 Å². The summed E-state index contributed by atoms with van der Waals surface area (Å²) in [6, 6.07) is 1.06. The van der Waals surface area contributed by atoms with E-state index in [0.29, 0.717) is 12.1 Å². The number of hydrogen-bond donors (Lipinski definition) is 2. The minimum absolute atomic E-state index is 0.426. The predicted octanol–water partition coefficient (Wildman–Crippen LogP) is 2.18. The smallest absolute Gasteiger partial charge is 0.109 e. The first-order chi connectivity index (χ1) is 7.81. The van der Waals surface area contributed by atoms with Crippen molar-refractivity contribution in [1.29, 1.82) is 0 Å². The lowest BCUT2D eigenvalue weighted by molar-refractivity contribution is 0.410. The van der Waals surface area contributed by atoms with Crippen LogP contribution < -0.4 is 10.6 Å². The average Bonchev–Trinajstić information content (AvgIpc) is 2.92. The van der Waals surface area contributed by atoms with Crippen molar-refractivity contribution in [3.63, 3.8) is 0 Å². The van der Waals surface area contributed by atoms with Gasteiger partial charge in [0.15, 0.2) is 0 Å². The molecular weight excluding hydrogens is 218 g/mol. The quantitative estimate of drug-likeness (QED) is 0.827. The summed E-state index contributed by atoms with van der Waals surface area (Å²) < 4.78 is 0. The van der Waals surface area contributed by atoms with Gasteiger partial charge in [-0.25, -0.2) is 4.98 Å². The monoisotopic (exact) mass is 239 g/mol. The fourth-order valence-electron chi connectivity index (χ4n) is 2.25. The zero-order chi connectivity index (χ0) is 11.4. The van der Waals surface area contributed by atoms with Crippen LogP contribution in [-0.2, 0) is 0 Å². The molecule has 0 aromatic carbocycles. The molecule has 0 radical (unpaired) electrons. The lowest BCUT2D eigenvalue weighted by atomic mass is 10.0. The Bertz CT molecular complexity index is 299. The van der Waals surface area contributed by atoms with Crippen LogP contribution in [0.25, 0.3) is 0 Å². The Morgan fingerprint density at radius 3 is 3.12 bits per heavy atom. The molecule has 3 unspecified atom stereocenters. The largest absolute Gasteiger partial charge is 0.312 e. The van der Waals surface area contributed by atoms with Crippen molar-refractivity contribution in [1.82, 2.24) is 15.6 Å². The summed E-state index contributed by atoms with van der Waals surface area (Å²) in [5, 5.41) is 10.4. The van der Waals surface area contributed by atoms with Gasteiger partial charge in [-0.05, 0) is 25.3 Å². The topological polar surface area (TPSA) is 37.0 Å². The molecule has 2 rings (SSSR count). The summed E-state index contributed by atoms with van der Waals surface area (Å²) in [6.45, 7) is 6.77. The molecule has 0 bridgehead atoms. The molecule has 90 valence electrons. The van der Waals surface area contributed by atoms with Crippen molar-refractivity contribution in [3.05, 3.63) is 16.6 Å². The zero-order valence-corrected chi connectivity index (χ0v) is 10.9. The number of rotatable bonds is 5. The van der Waals surface area contributed by atoms with Gasteiger partial charge in [-0.2, -0.15) is 0 Å². The Kier molecular flexibility index (Phi) is 4.32. The lowest BCUT2D eigenvalue weighted by Crippen LogP contribution is -2.38. The van der Waals surface area contributed by atoms with E-state index in [9.17, 15) is 0 Å². The third kappa shape index (κ3) is 2.81. The summed E-state index contributed by atoms with van der Waals surface area (Å²) in [7, 11) is 0. The highest BCUT2D eigenvalue weighted by Gasteiger charge is 2.23. The highest BCUT2D eigenvalue weighted by atomic mass is 32.1. The van der Waals surface area contributed by atoms with E-state index in [1.165, 1.54) is 18.0 Å². The Morgan fingerprint density at radius 2 is 2.56 bits per heavy atom. The van der Waals surface area contributed by atoms with Gasteiger partial charge >= 0.3 is 0 Å². The lowest BCUT2D eigenvalue weighted by Gasteiger charge is -2.20. The van der Waals surface area contributed by atoms with Crippen LogP contribution >= 0.6 is 11.3 Å². The molecule has 0 saturated carbocycles. The van der Waals surface area contributed by atoms with Crippen molar-refractivity contribution in [2.24, 2.45) is 5.92 Å². The second kappa shape index (κ2) is 5.75. The molecule has 3 atom stereocenters. The molecule has 1 aliphatic rings.